The number of hydrogen-bond donors (Lipinski definition) is 2. The van der Waals surface area contributed by atoms with Crippen LogP contribution in [-0.2, 0) is 9.53 Å². The second-order valence-corrected chi connectivity index (χ2v) is 7.21. The lowest BCUT2D eigenvalue weighted by atomic mass is 10.0. The number of esters is 1. The van der Waals surface area contributed by atoms with Crippen LogP contribution in [0.3, 0.4) is 0 Å². The van der Waals surface area contributed by atoms with Crippen molar-refractivity contribution in [1.82, 2.24) is 24.6 Å². The second kappa shape index (κ2) is 8.09. The highest BCUT2D eigenvalue weighted by Gasteiger charge is 2.49. The summed E-state index contributed by atoms with van der Waals surface area (Å²) in [6, 6.07) is 1.37. The number of nitrogens with zero attached hydrogens (tertiary/aromatic N) is 4. The highest BCUT2D eigenvalue weighted by atomic mass is 19.3. The number of fused-ring (bicyclic) bond motifs is 1. The lowest BCUT2D eigenvalue weighted by molar-refractivity contribution is -0.151. The third-order valence-corrected chi connectivity index (χ3v) is 5.00. The molecule has 1 aliphatic heterocycles. The predicted octanol–water partition coefficient (Wildman–Crippen LogP) is 1.04. The van der Waals surface area contributed by atoms with Crippen molar-refractivity contribution in [3.63, 3.8) is 0 Å². The number of halogens is 4. The fourth-order valence-electron chi connectivity index (χ4n) is 3.53. The van der Waals surface area contributed by atoms with Crippen molar-refractivity contribution in [2.75, 3.05) is 24.6 Å². The first-order valence-electron chi connectivity index (χ1n) is 9.37. The van der Waals surface area contributed by atoms with Crippen molar-refractivity contribution in [3.05, 3.63) is 45.5 Å². The topological polar surface area (TPSA) is 125 Å². The number of imidazole rings is 1. The molecule has 0 spiro atoms. The molecule has 0 aliphatic carbocycles. The third-order valence-electron chi connectivity index (χ3n) is 5.00. The molecule has 0 aromatic carbocycles. The number of aromatic amines is 2. The van der Waals surface area contributed by atoms with E-state index in [-0.39, 0.29) is 29.1 Å². The predicted molar refractivity (Wildman–Crippen MR) is 102 cm³/mol. The van der Waals surface area contributed by atoms with Crippen molar-refractivity contribution in [3.8, 4) is 11.3 Å². The van der Waals surface area contributed by atoms with E-state index in [0.717, 1.165) is 6.20 Å². The van der Waals surface area contributed by atoms with Crippen molar-refractivity contribution >= 4 is 17.3 Å². The molecule has 0 saturated carbocycles. The summed E-state index contributed by atoms with van der Waals surface area (Å²) >= 11 is 0. The molecule has 14 heteroatoms. The third kappa shape index (κ3) is 4.20. The van der Waals surface area contributed by atoms with Crippen LogP contribution in [0.5, 0.6) is 0 Å². The van der Waals surface area contributed by atoms with E-state index in [0.29, 0.717) is 0 Å². The molecule has 1 saturated heterocycles. The average Bonchev–Trinajstić information content (AvgIpc) is 3.29. The van der Waals surface area contributed by atoms with Crippen LogP contribution in [0.2, 0.25) is 0 Å². The van der Waals surface area contributed by atoms with Gasteiger partial charge in [0.05, 0.1) is 30.1 Å². The summed E-state index contributed by atoms with van der Waals surface area (Å²) in [5.41, 5.74) is -0.910. The Morgan fingerprint density at radius 2 is 2.12 bits per heavy atom. The monoisotopic (exact) mass is 456 g/mol. The molecule has 32 heavy (non-hydrogen) atoms. The normalized spacial score (nSPS) is 17.9. The maximum atomic E-state index is 14.6. The van der Waals surface area contributed by atoms with Crippen LogP contribution in [0.15, 0.2) is 34.2 Å². The molecule has 1 atom stereocenters. The number of alkyl halides is 4. The molecule has 10 nitrogen and oxygen atoms in total. The van der Waals surface area contributed by atoms with E-state index in [1.807, 2.05) is 0 Å². The van der Waals surface area contributed by atoms with Crippen LogP contribution < -0.4 is 16.1 Å². The summed E-state index contributed by atoms with van der Waals surface area (Å²) in [6.07, 6.45) is 0.365. The minimum Gasteiger partial charge on any atom is -0.460 e. The number of carbonyl (C=O) groups excluding carboxylic acids is 1. The number of rotatable bonds is 6. The highest BCUT2D eigenvalue weighted by molar-refractivity contribution is 5.75. The minimum atomic E-state index is -3.31. The van der Waals surface area contributed by atoms with Gasteiger partial charge in [-0.3, -0.25) is 14.6 Å². The van der Waals surface area contributed by atoms with Gasteiger partial charge < -0.3 is 14.6 Å². The second-order valence-electron chi connectivity index (χ2n) is 7.21. The largest absolute Gasteiger partial charge is 0.460 e. The zero-order chi connectivity index (χ0) is 23.0. The van der Waals surface area contributed by atoms with E-state index in [9.17, 15) is 31.9 Å². The number of ether oxygens (including phenoxy) is 1. The summed E-state index contributed by atoms with van der Waals surface area (Å²) in [7, 11) is 0. The molecule has 0 amide bonds. The fourth-order valence-corrected chi connectivity index (χ4v) is 3.53. The van der Waals surface area contributed by atoms with Gasteiger partial charge in [0.2, 0.25) is 0 Å². The molecule has 1 unspecified atom stereocenters. The molecule has 3 aromatic rings. The van der Waals surface area contributed by atoms with Gasteiger partial charge in [0.1, 0.15) is 5.69 Å². The van der Waals surface area contributed by atoms with E-state index in [2.05, 4.69) is 24.8 Å². The van der Waals surface area contributed by atoms with E-state index in [1.165, 1.54) is 27.9 Å². The number of aromatic nitrogens is 5. The van der Waals surface area contributed by atoms with E-state index in [4.69, 9.17) is 0 Å². The van der Waals surface area contributed by atoms with E-state index < -0.39 is 55.1 Å². The fraction of sp³-hybridized carbons (Fsp3) is 0.389. The first kappa shape index (κ1) is 21.5. The first-order valence-corrected chi connectivity index (χ1v) is 9.37. The van der Waals surface area contributed by atoms with Gasteiger partial charge in [-0.25, -0.2) is 31.9 Å². The Labute approximate surface area is 175 Å². The highest BCUT2D eigenvalue weighted by Crippen LogP contribution is 2.39. The van der Waals surface area contributed by atoms with Crippen LogP contribution in [-0.4, -0.2) is 62.6 Å². The zero-order valence-electron chi connectivity index (χ0n) is 16.2. The Bertz CT molecular complexity index is 1270. The van der Waals surface area contributed by atoms with E-state index in [1.54, 1.807) is 0 Å². The Morgan fingerprint density at radius 1 is 1.34 bits per heavy atom. The quantitative estimate of drug-likeness (QED) is 0.419. The van der Waals surface area contributed by atoms with Crippen molar-refractivity contribution < 1.29 is 27.1 Å². The number of nitrogens with one attached hydrogen (secondary N) is 2. The number of anilines is 1. The van der Waals surface area contributed by atoms with E-state index >= 15 is 0 Å². The summed E-state index contributed by atoms with van der Waals surface area (Å²) < 4.78 is 59.3. The minimum absolute atomic E-state index is 0.000432. The Kier molecular flexibility index (Phi) is 5.44. The molecular weight excluding hydrogens is 440 g/mol. The molecule has 0 bridgehead atoms. The van der Waals surface area contributed by atoms with Crippen molar-refractivity contribution in [1.29, 1.82) is 0 Å². The molecule has 1 fully saturated rings. The van der Waals surface area contributed by atoms with Crippen LogP contribution in [0, 0.1) is 5.92 Å². The Balaban J connectivity index is 1.66. The zero-order valence-corrected chi connectivity index (χ0v) is 16.2. The van der Waals surface area contributed by atoms with Gasteiger partial charge in [-0.2, -0.15) is 5.10 Å². The van der Waals surface area contributed by atoms with Gasteiger partial charge in [-0.05, 0) is 6.07 Å². The Morgan fingerprint density at radius 3 is 2.84 bits per heavy atom. The maximum Gasteiger partial charge on any atom is 0.325 e. The molecule has 4 rings (SSSR count). The summed E-state index contributed by atoms with van der Waals surface area (Å²) in [4.78, 5) is 44.9. The first-order chi connectivity index (χ1) is 15.1. The molecule has 4 heterocycles. The molecule has 0 radical (unpaired) electrons. The molecule has 170 valence electrons. The number of carbonyl (C=O) groups is 1. The van der Waals surface area contributed by atoms with Gasteiger partial charge in [0.15, 0.2) is 12.3 Å². The number of H-pyrrole nitrogens is 2. The SMILES string of the molecule is O=C(CC1CN(c2cc(-c3c[nH]c(=O)[nH]c3=O)nn3ccnc23)CC1(F)F)OCC(F)F. The molecule has 3 aromatic heterocycles. The van der Waals surface area contributed by atoms with Crippen LogP contribution >= 0.6 is 0 Å². The van der Waals surface area contributed by atoms with Gasteiger partial charge >= 0.3 is 11.7 Å². The number of hydrogen-bond acceptors (Lipinski definition) is 7. The van der Waals surface area contributed by atoms with Crippen LogP contribution in [0.4, 0.5) is 23.2 Å². The van der Waals surface area contributed by atoms with Crippen molar-refractivity contribution in [2.45, 2.75) is 18.8 Å². The molecule has 1 aliphatic rings. The smallest absolute Gasteiger partial charge is 0.325 e. The molecular formula is C18H16F4N6O4. The lowest BCUT2D eigenvalue weighted by Gasteiger charge is -2.19. The van der Waals surface area contributed by atoms with Gasteiger partial charge in [0.25, 0.3) is 17.9 Å². The van der Waals surface area contributed by atoms with Gasteiger partial charge in [-0.15, -0.1) is 0 Å². The standard InChI is InChI=1S/C18H16F4N6O4/c19-13(20)7-32-14(29)3-9-6-27(8-18(9,21)22)12-4-11(26-28-2-1-23-15(12)28)10-5-24-17(31)25-16(10)30/h1-2,4-5,9,13H,3,6-8H2,(H2,24,25,30,31). The van der Waals surface area contributed by atoms with Crippen LogP contribution in [0.25, 0.3) is 16.9 Å². The average molecular weight is 456 g/mol. The summed E-state index contributed by atoms with van der Waals surface area (Å²) in [5.74, 6) is -5.93. The lowest BCUT2D eigenvalue weighted by Crippen LogP contribution is -2.30. The van der Waals surface area contributed by atoms with Crippen LogP contribution in [0.1, 0.15) is 6.42 Å². The van der Waals surface area contributed by atoms with Gasteiger partial charge in [-0.1, -0.05) is 0 Å². The summed E-state index contributed by atoms with van der Waals surface area (Å²) in [5, 5.41) is 4.23. The Hall–Kier alpha value is -3.71. The molecule has 2 N–H and O–H groups in total. The maximum absolute atomic E-state index is 14.6. The van der Waals surface area contributed by atoms with Gasteiger partial charge in [0, 0.05) is 25.1 Å². The summed E-state index contributed by atoms with van der Waals surface area (Å²) in [6.45, 7) is -2.21. The van der Waals surface area contributed by atoms with Crippen molar-refractivity contribution in [2.24, 2.45) is 5.92 Å².